The normalized spacial score (nSPS) is 11.6. The molecule has 0 saturated heterocycles. The molecule has 3 aromatic rings. The number of hydrogen-bond donors (Lipinski definition) is 1. The third kappa shape index (κ3) is 5.27. The molecule has 0 aliphatic rings. The van der Waals surface area contributed by atoms with Crippen molar-refractivity contribution in [1.82, 2.24) is 0 Å². The summed E-state index contributed by atoms with van der Waals surface area (Å²) in [5, 5.41) is 4.63. The third-order valence-corrected chi connectivity index (χ3v) is 4.22. The summed E-state index contributed by atoms with van der Waals surface area (Å²) in [6.07, 6.45) is -2.91. The Kier molecular flexibility index (Phi) is 6.21. The number of para-hydroxylation sites is 1. The van der Waals surface area contributed by atoms with Crippen LogP contribution in [-0.4, -0.2) is 6.21 Å². The maximum absolute atomic E-state index is 12.8. The highest BCUT2D eigenvalue weighted by atomic mass is 35.5. The third-order valence-electron chi connectivity index (χ3n) is 3.85. The van der Waals surface area contributed by atoms with Crippen LogP contribution in [0.3, 0.4) is 0 Å². The Hall–Kier alpha value is -2.99. The Morgan fingerprint density at radius 3 is 2.50 bits per heavy atom. The van der Waals surface area contributed by atoms with Gasteiger partial charge in [-0.3, -0.25) is 5.43 Å². The van der Waals surface area contributed by atoms with Gasteiger partial charge in [-0.2, -0.15) is 18.3 Å². The van der Waals surface area contributed by atoms with Crippen LogP contribution in [0, 0.1) is 0 Å². The van der Waals surface area contributed by atoms with Gasteiger partial charge >= 0.3 is 6.18 Å². The number of alkyl halides is 3. The smallest absolute Gasteiger partial charge is 0.416 e. The van der Waals surface area contributed by atoms with E-state index in [2.05, 4.69) is 10.5 Å². The summed E-state index contributed by atoms with van der Waals surface area (Å²) in [5.41, 5.74) is 3.63. The zero-order valence-corrected chi connectivity index (χ0v) is 15.3. The molecule has 1 N–H and O–H groups in total. The van der Waals surface area contributed by atoms with Gasteiger partial charge in [-0.25, -0.2) is 0 Å². The van der Waals surface area contributed by atoms with E-state index in [0.29, 0.717) is 16.3 Å². The SMILES string of the molecule is FC(F)(F)c1cccc(N/N=C/c2ccccc2OCc2ccccc2Cl)c1. The molecule has 0 aromatic heterocycles. The van der Waals surface area contributed by atoms with Gasteiger partial charge in [0.1, 0.15) is 12.4 Å². The van der Waals surface area contributed by atoms with Crippen LogP contribution in [0.5, 0.6) is 5.75 Å². The number of hydrogen-bond acceptors (Lipinski definition) is 3. The zero-order chi connectivity index (χ0) is 20.0. The fourth-order valence-corrected chi connectivity index (χ4v) is 2.62. The highest BCUT2D eigenvalue weighted by molar-refractivity contribution is 6.31. The predicted octanol–water partition coefficient (Wildman–Crippen LogP) is 6.38. The second kappa shape index (κ2) is 8.80. The molecule has 28 heavy (non-hydrogen) atoms. The number of ether oxygens (including phenoxy) is 1. The number of benzene rings is 3. The van der Waals surface area contributed by atoms with Crippen molar-refractivity contribution in [3.8, 4) is 5.75 Å². The van der Waals surface area contributed by atoms with Gasteiger partial charge in [-0.15, -0.1) is 0 Å². The minimum Gasteiger partial charge on any atom is -0.488 e. The van der Waals surface area contributed by atoms with E-state index in [9.17, 15) is 13.2 Å². The van der Waals surface area contributed by atoms with E-state index in [1.54, 1.807) is 18.2 Å². The molecule has 0 aliphatic carbocycles. The molecule has 3 nitrogen and oxygen atoms in total. The van der Waals surface area contributed by atoms with Crippen molar-refractivity contribution in [2.45, 2.75) is 12.8 Å². The first kappa shape index (κ1) is 19.8. The van der Waals surface area contributed by atoms with E-state index >= 15 is 0 Å². The molecule has 0 spiro atoms. The van der Waals surface area contributed by atoms with E-state index in [0.717, 1.165) is 17.7 Å². The fraction of sp³-hybridized carbons (Fsp3) is 0.0952. The number of hydrazone groups is 1. The van der Waals surface area contributed by atoms with E-state index in [-0.39, 0.29) is 12.3 Å². The number of nitrogens with one attached hydrogen (secondary N) is 1. The van der Waals surface area contributed by atoms with Gasteiger partial charge in [0.2, 0.25) is 0 Å². The molecule has 0 fully saturated rings. The van der Waals surface area contributed by atoms with Gasteiger partial charge in [0.25, 0.3) is 0 Å². The molecule has 0 bridgehead atoms. The van der Waals surface area contributed by atoms with Gasteiger partial charge < -0.3 is 4.74 Å². The van der Waals surface area contributed by atoms with Crippen LogP contribution < -0.4 is 10.2 Å². The Balaban J connectivity index is 1.69. The molecule has 3 rings (SSSR count). The van der Waals surface area contributed by atoms with E-state index in [1.165, 1.54) is 18.3 Å². The summed E-state index contributed by atoms with van der Waals surface area (Å²) in [6.45, 7) is 0.283. The van der Waals surface area contributed by atoms with Crippen molar-refractivity contribution < 1.29 is 17.9 Å². The van der Waals surface area contributed by atoms with Crippen molar-refractivity contribution in [2.24, 2.45) is 5.10 Å². The van der Waals surface area contributed by atoms with E-state index < -0.39 is 11.7 Å². The number of nitrogens with zero attached hydrogens (tertiary/aromatic N) is 1. The summed E-state index contributed by atoms with van der Waals surface area (Å²) >= 11 is 6.13. The molecule has 144 valence electrons. The van der Waals surface area contributed by atoms with Gasteiger partial charge in [0.15, 0.2) is 0 Å². The maximum Gasteiger partial charge on any atom is 0.416 e. The van der Waals surface area contributed by atoms with Crippen LogP contribution in [0.25, 0.3) is 0 Å². The van der Waals surface area contributed by atoms with Crippen molar-refractivity contribution in [1.29, 1.82) is 0 Å². The van der Waals surface area contributed by atoms with Crippen molar-refractivity contribution >= 4 is 23.5 Å². The Labute approximate surface area is 165 Å². The van der Waals surface area contributed by atoms with Crippen LogP contribution in [0.2, 0.25) is 5.02 Å². The summed E-state index contributed by atoms with van der Waals surface area (Å²) in [7, 11) is 0. The first-order valence-electron chi connectivity index (χ1n) is 8.35. The van der Waals surface area contributed by atoms with Crippen molar-refractivity contribution in [3.05, 3.63) is 94.5 Å². The lowest BCUT2D eigenvalue weighted by molar-refractivity contribution is -0.137. The topological polar surface area (TPSA) is 33.6 Å². The molecule has 3 aromatic carbocycles. The maximum atomic E-state index is 12.8. The lowest BCUT2D eigenvalue weighted by Gasteiger charge is -2.10. The molecule has 0 radical (unpaired) electrons. The largest absolute Gasteiger partial charge is 0.488 e. The molecule has 0 saturated carbocycles. The molecular weight excluding hydrogens is 389 g/mol. The monoisotopic (exact) mass is 404 g/mol. The highest BCUT2D eigenvalue weighted by Gasteiger charge is 2.30. The second-order valence-corrected chi connectivity index (χ2v) is 6.27. The van der Waals surface area contributed by atoms with Crippen LogP contribution in [0.4, 0.5) is 18.9 Å². The first-order valence-corrected chi connectivity index (χ1v) is 8.73. The van der Waals surface area contributed by atoms with E-state index in [4.69, 9.17) is 16.3 Å². The molecule has 0 aliphatic heterocycles. The highest BCUT2D eigenvalue weighted by Crippen LogP contribution is 2.30. The average Bonchev–Trinajstić information content (AvgIpc) is 2.68. The molecular formula is C21H16ClF3N2O. The van der Waals surface area contributed by atoms with Gasteiger partial charge in [-0.05, 0) is 36.4 Å². The van der Waals surface area contributed by atoms with E-state index in [1.807, 2.05) is 30.3 Å². The molecule has 0 atom stereocenters. The number of anilines is 1. The molecule has 0 amide bonds. The predicted molar refractivity (Wildman–Crippen MR) is 105 cm³/mol. The van der Waals surface area contributed by atoms with Crippen molar-refractivity contribution in [2.75, 3.05) is 5.43 Å². The minimum absolute atomic E-state index is 0.237. The Morgan fingerprint density at radius 1 is 0.964 bits per heavy atom. The Morgan fingerprint density at radius 2 is 1.71 bits per heavy atom. The fourth-order valence-electron chi connectivity index (χ4n) is 2.43. The molecule has 0 unspecified atom stereocenters. The number of halogens is 4. The minimum atomic E-state index is -4.40. The molecule has 7 heteroatoms. The van der Waals surface area contributed by atoms with Crippen LogP contribution in [0.15, 0.2) is 77.9 Å². The van der Waals surface area contributed by atoms with Gasteiger partial charge in [-0.1, -0.05) is 48.0 Å². The first-order chi connectivity index (χ1) is 13.4. The summed E-state index contributed by atoms with van der Waals surface area (Å²) in [5.74, 6) is 0.581. The Bertz CT molecular complexity index is 974. The zero-order valence-electron chi connectivity index (χ0n) is 14.6. The van der Waals surface area contributed by atoms with Gasteiger partial charge in [0.05, 0.1) is 17.5 Å². The van der Waals surface area contributed by atoms with Crippen LogP contribution >= 0.6 is 11.6 Å². The van der Waals surface area contributed by atoms with Crippen LogP contribution in [0.1, 0.15) is 16.7 Å². The standard InChI is InChI=1S/C21H16ClF3N2O/c22-19-10-3-1-7-16(19)14-28-20-11-4-2-6-15(20)13-26-27-18-9-5-8-17(12-18)21(23,24)25/h1-13,27H,14H2/b26-13+. The average molecular weight is 405 g/mol. The lowest BCUT2D eigenvalue weighted by Crippen LogP contribution is -2.05. The van der Waals surface area contributed by atoms with Gasteiger partial charge in [0, 0.05) is 16.1 Å². The lowest BCUT2D eigenvalue weighted by atomic mass is 10.2. The van der Waals surface area contributed by atoms with Crippen molar-refractivity contribution in [3.63, 3.8) is 0 Å². The quantitative estimate of drug-likeness (QED) is 0.382. The number of rotatable bonds is 6. The molecule has 0 heterocycles. The summed E-state index contributed by atoms with van der Waals surface area (Å²) in [4.78, 5) is 0. The summed E-state index contributed by atoms with van der Waals surface area (Å²) in [6, 6.07) is 19.4. The second-order valence-electron chi connectivity index (χ2n) is 5.87. The van der Waals surface area contributed by atoms with Crippen LogP contribution in [-0.2, 0) is 12.8 Å². The summed E-state index contributed by atoms with van der Waals surface area (Å²) < 4.78 is 44.1.